The Bertz CT molecular complexity index is 765. The molecule has 0 aromatic carbocycles. The highest BCUT2D eigenvalue weighted by molar-refractivity contribution is 7.13. The van der Waals surface area contributed by atoms with Gasteiger partial charge in [0.2, 0.25) is 0 Å². The molecular formula is C17H21N5OS+2. The van der Waals surface area contributed by atoms with Crippen molar-refractivity contribution in [1.29, 1.82) is 0 Å². The van der Waals surface area contributed by atoms with E-state index in [4.69, 9.17) is 4.42 Å². The van der Waals surface area contributed by atoms with Crippen LogP contribution in [0, 0.1) is 0 Å². The molecule has 4 heterocycles. The second-order valence-electron chi connectivity index (χ2n) is 6.04. The van der Waals surface area contributed by atoms with E-state index in [1.165, 1.54) is 10.7 Å². The van der Waals surface area contributed by atoms with Crippen LogP contribution < -0.4 is 14.8 Å². The van der Waals surface area contributed by atoms with Crippen LogP contribution >= 0.6 is 11.3 Å². The zero-order chi connectivity index (χ0) is 16.4. The third-order valence-corrected chi connectivity index (χ3v) is 5.45. The molecule has 124 valence electrons. The minimum Gasteiger partial charge on any atom is -0.414 e. The van der Waals surface area contributed by atoms with Crippen molar-refractivity contribution in [3.8, 4) is 10.8 Å². The first kappa shape index (κ1) is 15.3. The maximum absolute atomic E-state index is 5.90. The van der Waals surface area contributed by atoms with E-state index in [2.05, 4.69) is 39.1 Å². The molecule has 0 aliphatic carbocycles. The molecule has 1 fully saturated rings. The molecule has 0 saturated carbocycles. The Morgan fingerprint density at radius 2 is 2.08 bits per heavy atom. The van der Waals surface area contributed by atoms with Crippen molar-refractivity contribution in [2.75, 3.05) is 31.1 Å². The summed E-state index contributed by atoms with van der Waals surface area (Å²) in [6, 6.07) is 10.4. The lowest BCUT2D eigenvalue weighted by Crippen LogP contribution is -3.14. The van der Waals surface area contributed by atoms with E-state index in [9.17, 15) is 0 Å². The molecule has 3 aromatic rings. The normalized spacial score (nSPS) is 17.1. The summed E-state index contributed by atoms with van der Waals surface area (Å²) in [4.78, 5) is 8.22. The van der Waals surface area contributed by atoms with E-state index in [1.54, 1.807) is 11.3 Å². The molecule has 1 aliphatic rings. The zero-order valence-electron chi connectivity index (χ0n) is 13.6. The van der Waals surface area contributed by atoms with Gasteiger partial charge in [-0.3, -0.25) is 4.90 Å². The molecule has 0 spiro atoms. The van der Waals surface area contributed by atoms with Crippen molar-refractivity contribution in [3.63, 3.8) is 0 Å². The number of aromatic amines is 1. The van der Waals surface area contributed by atoms with Crippen LogP contribution in [0.25, 0.3) is 10.8 Å². The lowest BCUT2D eigenvalue weighted by Gasteiger charge is -2.30. The lowest BCUT2D eigenvalue weighted by molar-refractivity contribution is -0.931. The summed E-state index contributed by atoms with van der Waals surface area (Å²) in [6.45, 7) is 6.32. The third kappa shape index (κ3) is 3.05. The summed E-state index contributed by atoms with van der Waals surface area (Å²) in [5.74, 6) is 2.54. The summed E-state index contributed by atoms with van der Waals surface area (Å²) in [7, 11) is 0. The van der Waals surface area contributed by atoms with Gasteiger partial charge < -0.3 is 9.32 Å². The first-order chi connectivity index (χ1) is 11.8. The Balaban J connectivity index is 1.40. The first-order valence-electron chi connectivity index (χ1n) is 8.25. The van der Waals surface area contributed by atoms with Gasteiger partial charge in [0.05, 0.1) is 11.1 Å². The van der Waals surface area contributed by atoms with E-state index in [-0.39, 0.29) is 6.04 Å². The average Bonchev–Trinajstić information content (AvgIpc) is 3.33. The molecule has 2 N–H and O–H groups in total. The van der Waals surface area contributed by atoms with Crippen LogP contribution in [0.3, 0.4) is 0 Å². The van der Waals surface area contributed by atoms with Crippen molar-refractivity contribution < 1.29 is 14.3 Å². The number of hydrogen-bond acceptors (Lipinski definition) is 5. The van der Waals surface area contributed by atoms with Gasteiger partial charge in [0.1, 0.15) is 26.2 Å². The monoisotopic (exact) mass is 343 g/mol. The Kier molecular flexibility index (Phi) is 4.27. The third-order valence-electron chi connectivity index (χ3n) is 4.59. The molecule has 0 amide bonds. The summed E-state index contributed by atoms with van der Waals surface area (Å²) in [5, 5.41) is 10.5. The molecule has 3 aromatic heterocycles. The molecule has 7 heteroatoms. The van der Waals surface area contributed by atoms with Crippen LogP contribution in [0.15, 0.2) is 46.3 Å². The standard InChI is InChI=1S/C17H19N5OS/c1-13(16-19-20-17(23-16)14-5-4-12-24-14)21-8-10-22(11-9-21)15-6-2-3-7-18-15/h2-7,12-13H,8-11H2,1H3/p+2/t13-/m1/s1. The number of H-pyrrole nitrogens is 1. The molecule has 4 rings (SSSR count). The van der Waals surface area contributed by atoms with E-state index in [1.807, 2.05) is 29.8 Å². The Labute approximate surface area is 144 Å². The molecule has 0 unspecified atom stereocenters. The van der Waals surface area contributed by atoms with Gasteiger partial charge in [-0.1, -0.05) is 12.1 Å². The highest BCUT2D eigenvalue weighted by Gasteiger charge is 2.32. The van der Waals surface area contributed by atoms with Crippen molar-refractivity contribution in [1.82, 2.24) is 10.2 Å². The molecular weight excluding hydrogens is 322 g/mol. The smallest absolute Gasteiger partial charge is 0.274 e. The number of nitrogens with one attached hydrogen (secondary N) is 2. The lowest BCUT2D eigenvalue weighted by atomic mass is 10.2. The van der Waals surface area contributed by atoms with Crippen LogP contribution in [-0.4, -0.2) is 36.4 Å². The summed E-state index contributed by atoms with van der Waals surface area (Å²) >= 11 is 1.62. The van der Waals surface area contributed by atoms with Gasteiger partial charge in [-0.05, 0) is 24.4 Å². The highest BCUT2D eigenvalue weighted by Crippen LogP contribution is 2.24. The Hall–Kier alpha value is -2.25. The largest absolute Gasteiger partial charge is 0.414 e. The van der Waals surface area contributed by atoms with Crippen molar-refractivity contribution in [3.05, 3.63) is 47.8 Å². The van der Waals surface area contributed by atoms with Gasteiger partial charge in [0.15, 0.2) is 6.04 Å². The minimum absolute atomic E-state index is 0.216. The minimum atomic E-state index is 0.216. The molecule has 1 aliphatic heterocycles. The average molecular weight is 343 g/mol. The van der Waals surface area contributed by atoms with Gasteiger partial charge in [-0.2, -0.15) is 0 Å². The molecule has 0 radical (unpaired) electrons. The van der Waals surface area contributed by atoms with Crippen LogP contribution in [0.2, 0.25) is 0 Å². The number of quaternary nitrogens is 1. The predicted octanol–water partition coefficient (Wildman–Crippen LogP) is 1.08. The number of pyridine rings is 1. The van der Waals surface area contributed by atoms with Gasteiger partial charge in [-0.25, -0.2) is 4.98 Å². The number of rotatable bonds is 4. The molecule has 24 heavy (non-hydrogen) atoms. The Morgan fingerprint density at radius 3 is 2.79 bits per heavy atom. The van der Waals surface area contributed by atoms with Gasteiger partial charge >= 0.3 is 0 Å². The number of thiophene rings is 1. The van der Waals surface area contributed by atoms with Crippen LogP contribution in [0.1, 0.15) is 18.9 Å². The van der Waals surface area contributed by atoms with E-state index in [0.29, 0.717) is 5.89 Å². The maximum atomic E-state index is 5.90. The first-order valence-corrected chi connectivity index (χ1v) is 9.13. The van der Waals surface area contributed by atoms with Crippen LogP contribution in [0.4, 0.5) is 5.82 Å². The molecule has 6 nitrogen and oxygen atoms in total. The number of aromatic nitrogens is 3. The number of anilines is 1. The molecule has 0 bridgehead atoms. The topological polar surface area (TPSA) is 60.7 Å². The SMILES string of the molecule is C[C@H](c1nnc(-c2cccs2)o1)[NH+]1CCN(c2cccc[nH+]2)CC1. The van der Waals surface area contributed by atoms with Gasteiger partial charge in [0.25, 0.3) is 17.6 Å². The molecule has 1 atom stereocenters. The van der Waals surface area contributed by atoms with E-state index in [0.717, 1.165) is 36.9 Å². The van der Waals surface area contributed by atoms with Crippen molar-refractivity contribution >= 4 is 17.2 Å². The maximum Gasteiger partial charge on any atom is 0.274 e. The summed E-state index contributed by atoms with van der Waals surface area (Å²) in [6.07, 6.45) is 1.97. The number of piperazine rings is 1. The number of nitrogens with zero attached hydrogens (tertiary/aromatic N) is 3. The Morgan fingerprint density at radius 1 is 1.21 bits per heavy atom. The second-order valence-corrected chi connectivity index (χ2v) is 6.99. The van der Waals surface area contributed by atoms with Crippen molar-refractivity contribution in [2.24, 2.45) is 0 Å². The van der Waals surface area contributed by atoms with Crippen molar-refractivity contribution in [2.45, 2.75) is 13.0 Å². The predicted molar refractivity (Wildman–Crippen MR) is 91.9 cm³/mol. The van der Waals surface area contributed by atoms with Crippen LogP contribution in [-0.2, 0) is 0 Å². The van der Waals surface area contributed by atoms with E-state index < -0.39 is 0 Å². The highest BCUT2D eigenvalue weighted by atomic mass is 32.1. The fourth-order valence-corrected chi connectivity index (χ4v) is 3.78. The number of hydrogen-bond donors (Lipinski definition) is 1. The van der Waals surface area contributed by atoms with Crippen LogP contribution in [0.5, 0.6) is 0 Å². The zero-order valence-corrected chi connectivity index (χ0v) is 14.4. The summed E-state index contributed by atoms with van der Waals surface area (Å²) < 4.78 is 5.90. The fraction of sp³-hybridized carbons (Fsp3) is 0.353. The molecule has 1 saturated heterocycles. The summed E-state index contributed by atoms with van der Waals surface area (Å²) in [5.41, 5.74) is 0. The fourth-order valence-electron chi connectivity index (χ4n) is 3.13. The second kappa shape index (κ2) is 6.70. The van der Waals surface area contributed by atoms with E-state index >= 15 is 0 Å². The van der Waals surface area contributed by atoms with Gasteiger partial charge in [-0.15, -0.1) is 21.5 Å². The quantitative estimate of drug-likeness (QED) is 0.770. The van der Waals surface area contributed by atoms with Gasteiger partial charge in [0, 0.05) is 6.07 Å².